The van der Waals surface area contributed by atoms with E-state index in [1.165, 1.54) is 6.07 Å². The van der Waals surface area contributed by atoms with Crippen LogP contribution in [0, 0.1) is 12.7 Å². The van der Waals surface area contributed by atoms with Gasteiger partial charge in [0.05, 0.1) is 0 Å². The molecular formula is C14H9FO. The summed E-state index contributed by atoms with van der Waals surface area (Å²) >= 11 is 0. The van der Waals surface area contributed by atoms with Gasteiger partial charge in [-0.1, -0.05) is 29.8 Å². The summed E-state index contributed by atoms with van der Waals surface area (Å²) in [7, 11) is 0. The number of hydrogen-bond acceptors (Lipinski definition) is 1. The number of ketones is 1. The summed E-state index contributed by atoms with van der Waals surface area (Å²) in [6, 6.07) is 10.2. The topological polar surface area (TPSA) is 17.1 Å². The highest BCUT2D eigenvalue weighted by Crippen LogP contribution is 2.38. The van der Waals surface area contributed by atoms with Crippen LogP contribution in [0.2, 0.25) is 0 Å². The van der Waals surface area contributed by atoms with Crippen LogP contribution in [0.15, 0.2) is 36.4 Å². The van der Waals surface area contributed by atoms with Crippen molar-refractivity contribution in [3.63, 3.8) is 0 Å². The van der Waals surface area contributed by atoms with E-state index in [-0.39, 0.29) is 11.6 Å². The second kappa shape index (κ2) is 3.01. The maximum absolute atomic E-state index is 13.7. The van der Waals surface area contributed by atoms with E-state index in [1.54, 1.807) is 12.1 Å². The largest absolute Gasteiger partial charge is 0.289 e. The number of halogens is 1. The van der Waals surface area contributed by atoms with Gasteiger partial charge in [0.1, 0.15) is 5.82 Å². The number of aryl methyl sites for hydroxylation is 1. The molecule has 0 unspecified atom stereocenters. The number of rotatable bonds is 0. The number of carbonyl (C=O) groups is 1. The highest BCUT2D eigenvalue weighted by atomic mass is 19.1. The van der Waals surface area contributed by atoms with Gasteiger partial charge in [-0.3, -0.25) is 4.79 Å². The first-order valence-corrected chi connectivity index (χ1v) is 5.13. The van der Waals surface area contributed by atoms with Gasteiger partial charge in [-0.2, -0.15) is 0 Å². The number of hydrogen-bond donors (Lipinski definition) is 0. The van der Waals surface area contributed by atoms with Gasteiger partial charge < -0.3 is 0 Å². The molecule has 0 aromatic heterocycles. The van der Waals surface area contributed by atoms with E-state index in [1.807, 2.05) is 25.1 Å². The Morgan fingerprint density at radius 1 is 1.00 bits per heavy atom. The Balaban J connectivity index is 2.41. The fourth-order valence-corrected chi connectivity index (χ4v) is 2.20. The van der Waals surface area contributed by atoms with Crippen LogP contribution in [0.5, 0.6) is 0 Å². The molecule has 1 nitrogen and oxygen atoms in total. The Hall–Kier alpha value is -1.96. The highest BCUT2D eigenvalue weighted by molar-refractivity contribution is 6.21. The lowest BCUT2D eigenvalue weighted by Crippen LogP contribution is -1.95. The Kier molecular flexibility index (Phi) is 1.75. The van der Waals surface area contributed by atoms with Crippen molar-refractivity contribution in [3.05, 3.63) is 58.9 Å². The molecule has 0 saturated heterocycles. The second-order valence-corrected chi connectivity index (χ2v) is 4.04. The Morgan fingerprint density at radius 3 is 2.62 bits per heavy atom. The molecule has 0 amide bonds. The fourth-order valence-electron chi connectivity index (χ4n) is 2.20. The minimum absolute atomic E-state index is 0.0757. The SMILES string of the molecule is Cc1ccc2c(c1)C(=O)c1cccc(F)c1-2. The molecule has 0 N–H and O–H groups in total. The maximum Gasteiger partial charge on any atom is 0.194 e. The molecule has 0 heterocycles. The van der Waals surface area contributed by atoms with Gasteiger partial charge in [-0.25, -0.2) is 4.39 Å². The van der Waals surface area contributed by atoms with Crippen LogP contribution >= 0.6 is 0 Å². The summed E-state index contributed by atoms with van der Waals surface area (Å²) in [6.45, 7) is 1.92. The molecule has 16 heavy (non-hydrogen) atoms. The van der Waals surface area contributed by atoms with Gasteiger partial charge in [-0.05, 0) is 24.6 Å². The van der Waals surface area contributed by atoms with Crippen LogP contribution in [0.1, 0.15) is 21.5 Å². The Labute approximate surface area is 92.5 Å². The number of carbonyl (C=O) groups excluding carboxylic acids is 1. The van der Waals surface area contributed by atoms with Crippen LogP contribution in [0.4, 0.5) is 4.39 Å². The van der Waals surface area contributed by atoms with Crippen molar-refractivity contribution < 1.29 is 9.18 Å². The quantitative estimate of drug-likeness (QED) is 0.558. The lowest BCUT2D eigenvalue weighted by molar-refractivity contribution is 0.104. The molecule has 0 saturated carbocycles. The smallest absolute Gasteiger partial charge is 0.194 e. The standard InChI is InChI=1S/C14H9FO/c1-8-5-6-9-11(7-8)14(16)10-3-2-4-12(15)13(9)10/h2-7H,1H3. The summed E-state index contributed by atoms with van der Waals surface area (Å²) in [5.41, 5.74) is 3.26. The van der Waals surface area contributed by atoms with E-state index in [0.29, 0.717) is 22.3 Å². The normalized spacial score (nSPS) is 12.5. The van der Waals surface area contributed by atoms with E-state index in [4.69, 9.17) is 0 Å². The molecule has 3 rings (SSSR count). The van der Waals surface area contributed by atoms with E-state index in [9.17, 15) is 9.18 Å². The lowest BCUT2D eigenvalue weighted by atomic mass is 10.0. The molecule has 0 radical (unpaired) electrons. The third-order valence-electron chi connectivity index (χ3n) is 2.95. The Morgan fingerprint density at radius 2 is 1.81 bits per heavy atom. The number of benzene rings is 2. The van der Waals surface area contributed by atoms with Gasteiger partial charge in [0, 0.05) is 16.7 Å². The summed E-state index contributed by atoms with van der Waals surface area (Å²) in [5, 5.41) is 0. The van der Waals surface area contributed by atoms with Crippen molar-refractivity contribution in [2.24, 2.45) is 0 Å². The first-order chi connectivity index (χ1) is 7.68. The third kappa shape index (κ3) is 1.07. The van der Waals surface area contributed by atoms with Crippen LogP contribution in [0.25, 0.3) is 11.1 Å². The molecule has 78 valence electrons. The molecule has 2 heteroatoms. The first kappa shape index (κ1) is 9.28. The zero-order chi connectivity index (χ0) is 11.3. The predicted octanol–water partition coefficient (Wildman–Crippen LogP) is 3.35. The van der Waals surface area contributed by atoms with Gasteiger partial charge in [0.15, 0.2) is 5.78 Å². The van der Waals surface area contributed by atoms with E-state index in [0.717, 1.165) is 5.56 Å². The summed E-state index contributed by atoms with van der Waals surface area (Å²) in [6.07, 6.45) is 0. The van der Waals surface area contributed by atoms with Crippen molar-refractivity contribution in [1.29, 1.82) is 0 Å². The minimum atomic E-state index is -0.326. The summed E-state index contributed by atoms with van der Waals surface area (Å²) in [4.78, 5) is 12.0. The molecule has 2 aromatic carbocycles. The monoisotopic (exact) mass is 212 g/mol. The molecule has 0 bridgehead atoms. The molecular weight excluding hydrogens is 203 g/mol. The van der Waals surface area contributed by atoms with Crippen LogP contribution < -0.4 is 0 Å². The molecule has 0 atom stereocenters. The molecule has 0 spiro atoms. The molecule has 1 aliphatic carbocycles. The average molecular weight is 212 g/mol. The van der Waals surface area contributed by atoms with Crippen LogP contribution in [-0.2, 0) is 0 Å². The van der Waals surface area contributed by atoms with Gasteiger partial charge >= 0.3 is 0 Å². The highest BCUT2D eigenvalue weighted by Gasteiger charge is 2.28. The van der Waals surface area contributed by atoms with Gasteiger partial charge in [-0.15, -0.1) is 0 Å². The first-order valence-electron chi connectivity index (χ1n) is 5.13. The predicted molar refractivity (Wildman–Crippen MR) is 60.0 cm³/mol. The molecule has 0 fully saturated rings. The summed E-state index contributed by atoms with van der Waals surface area (Å²) < 4.78 is 13.7. The van der Waals surface area contributed by atoms with Crippen molar-refractivity contribution in [2.75, 3.05) is 0 Å². The van der Waals surface area contributed by atoms with Crippen LogP contribution in [-0.4, -0.2) is 5.78 Å². The van der Waals surface area contributed by atoms with E-state index < -0.39 is 0 Å². The lowest BCUT2D eigenvalue weighted by Gasteiger charge is -2.01. The third-order valence-corrected chi connectivity index (χ3v) is 2.95. The van der Waals surface area contributed by atoms with Gasteiger partial charge in [0.25, 0.3) is 0 Å². The van der Waals surface area contributed by atoms with Crippen molar-refractivity contribution >= 4 is 5.78 Å². The van der Waals surface area contributed by atoms with Crippen molar-refractivity contribution in [2.45, 2.75) is 6.92 Å². The Bertz CT molecular complexity index is 614. The maximum atomic E-state index is 13.7. The van der Waals surface area contributed by atoms with E-state index in [2.05, 4.69) is 0 Å². The molecule has 1 aliphatic rings. The fraction of sp³-hybridized carbons (Fsp3) is 0.0714. The van der Waals surface area contributed by atoms with Crippen molar-refractivity contribution in [1.82, 2.24) is 0 Å². The molecule has 2 aromatic rings. The van der Waals surface area contributed by atoms with Crippen LogP contribution in [0.3, 0.4) is 0 Å². The zero-order valence-corrected chi connectivity index (χ0v) is 8.75. The summed E-state index contributed by atoms with van der Waals surface area (Å²) in [5.74, 6) is -0.401. The van der Waals surface area contributed by atoms with E-state index >= 15 is 0 Å². The van der Waals surface area contributed by atoms with Crippen molar-refractivity contribution in [3.8, 4) is 11.1 Å². The number of fused-ring (bicyclic) bond motifs is 3. The zero-order valence-electron chi connectivity index (χ0n) is 8.75. The minimum Gasteiger partial charge on any atom is -0.289 e. The van der Waals surface area contributed by atoms with Gasteiger partial charge in [0.2, 0.25) is 0 Å². The second-order valence-electron chi connectivity index (χ2n) is 4.04. The average Bonchev–Trinajstić information content (AvgIpc) is 2.55. The molecule has 0 aliphatic heterocycles.